The highest BCUT2D eigenvalue weighted by Crippen LogP contribution is 2.28. The van der Waals surface area contributed by atoms with Gasteiger partial charge in [0.2, 0.25) is 0 Å². The van der Waals surface area contributed by atoms with Crippen LogP contribution in [0.15, 0.2) is 30.3 Å². The summed E-state index contributed by atoms with van der Waals surface area (Å²) in [5.74, 6) is 0.0957. The molecular weight excluding hydrogens is 242 g/mol. The Morgan fingerprint density at radius 1 is 1.31 bits per heavy atom. The molecule has 0 aromatic heterocycles. The Hall–Kier alpha value is -1.21. The molecule has 4 nitrogen and oxygen atoms in total. The fourth-order valence-corrected chi connectivity index (χ4v) is 1.45. The fourth-order valence-electron chi connectivity index (χ4n) is 0.982. The molecule has 0 saturated heterocycles. The second kappa shape index (κ2) is 4.34. The molecule has 0 saturated carbocycles. The molecule has 0 aliphatic heterocycles. The molecule has 1 unspecified atom stereocenters. The highest BCUT2D eigenvalue weighted by Gasteiger charge is 2.51. The Kier molecular flexibility index (Phi) is 3.49. The topological polar surface area (TPSA) is 63.6 Å². The molecule has 0 heterocycles. The second-order valence-corrected chi connectivity index (χ2v) is 4.60. The molecule has 0 aliphatic rings. The highest BCUT2D eigenvalue weighted by molar-refractivity contribution is 7.86. The van der Waals surface area contributed by atoms with E-state index in [0.717, 1.165) is 6.92 Å². The van der Waals surface area contributed by atoms with E-state index in [0.29, 0.717) is 0 Å². The van der Waals surface area contributed by atoms with Gasteiger partial charge in [-0.25, -0.2) is 0 Å². The van der Waals surface area contributed by atoms with Crippen molar-refractivity contribution in [2.24, 2.45) is 0 Å². The van der Waals surface area contributed by atoms with Crippen molar-refractivity contribution in [3.05, 3.63) is 30.3 Å². The molecule has 0 spiro atoms. The third kappa shape index (κ3) is 2.67. The zero-order valence-electron chi connectivity index (χ0n) is 8.30. The maximum Gasteiger partial charge on any atom is 0.405 e. The van der Waals surface area contributed by atoms with E-state index < -0.39 is 21.5 Å². The molecule has 1 atom stereocenters. The van der Waals surface area contributed by atoms with Crippen LogP contribution in [-0.4, -0.2) is 24.3 Å². The summed E-state index contributed by atoms with van der Waals surface area (Å²) in [5, 5.41) is -4.34. The van der Waals surface area contributed by atoms with Crippen LogP contribution in [-0.2, 0) is 10.1 Å². The van der Waals surface area contributed by atoms with E-state index in [-0.39, 0.29) is 5.75 Å². The number of ether oxygens (including phenoxy) is 1. The molecule has 0 amide bonds. The predicted molar refractivity (Wildman–Crippen MR) is 53.0 cm³/mol. The maximum atomic E-state index is 13.0. The summed E-state index contributed by atoms with van der Waals surface area (Å²) in [6.07, 6.45) is -1.98. The van der Waals surface area contributed by atoms with Crippen LogP contribution in [0, 0.1) is 0 Å². The zero-order chi connectivity index (χ0) is 12.4. The molecule has 0 aliphatic carbocycles. The number of para-hydroxylation sites is 1. The van der Waals surface area contributed by atoms with E-state index in [1.165, 1.54) is 12.1 Å². The van der Waals surface area contributed by atoms with Crippen molar-refractivity contribution < 1.29 is 26.5 Å². The van der Waals surface area contributed by atoms with Gasteiger partial charge >= 0.3 is 15.4 Å². The molecule has 16 heavy (non-hydrogen) atoms. The van der Waals surface area contributed by atoms with Gasteiger partial charge in [-0.2, -0.15) is 17.2 Å². The molecule has 0 fully saturated rings. The van der Waals surface area contributed by atoms with Gasteiger partial charge in [-0.15, -0.1) is 0 Å². The standard InChI is InChI=1S/C9H10F2O4S/c1-7(9(10,11)16(12,13)14)15-8-5-3-2-4-6-8/h2-7H,1H3,(H,12,13,14). The molecule has 1 aromatic rings. The van der Waals surface area contributed by atoms with Gasteiger partial charge < -0.3 is 4.74 Å². The van der Waals surface area contributed by atoms with E-state index in [4.69, 9.17) is 9.29 Å². The fraction of sp³-hybridized carbons (Fsp3) is 0.333. The van der Waals surface area contributed by atoms with Crippen molar-refractivity contribution in [2.75, 3.05) is 0 Å². The van der Waals surface area contributed by atoms with Gasteiger partial charge in [0.25, 0.3) is 0 Å². The summed E-state index contributed by atoms with van der Waals surface area (Å²) in [5.41, 5.74) is 0. The lowest BCUT2D eigenvalue weighted by molar-refractivity contribution is -0.0235. The zero-order valence-corrected chi connectivity index (χ0v) is 9.12. The first-order chi connectivity index (χ1) is 7.25. The van der Waals surface area contributed by atoms with E-state index in [1.807, 2.05) is 0 Å². The molecule has 90 valence electrons. The van der Waals surface area contributed by atoms with E-state index in [1.54, 1.807) is 18.2 Å². The quantitative estimate of drug-likeness (QED) is 0.832. The van der Waals surface area contributed by atoms with Crippen LogP contribution in [0.1, 0.15) is 6.92 Å². The average molecular weight is 252 g/mol. The Morgan fingerprint density at radius 2 is 1.81 bits per heavy atom. The van der Waals surface area contributed by atoms with Crippen molar-refractivity contribution in [3.63, 3.8) is 0 Å². The van der Waals surface area contributed by atoms with Crippen molar-refractivity contribution >= 4 is 10.1 Å². The minimum atomic E-state index is -5.48. The number of alkyl halides is 2. The van der Waals surface area contributed by atoms with Gasteiger partial charge in [0.15, 0.2) is 6.10 Å². The average Bonchev–Trinajstić information content (AvgIpc) is 2.17. The molecule has 1 N–H and O–H groups in total. The first-order valence-corrected chi connectivity index (χ1v) is 5.75. The van der Waals surface area contributed by atoms with Crippen molar-refractivity contribution in [1.82, 2.24) is 0 Å². The number of halogens is 2. The maximum absolute atomic E-state index is 13.0. The van der Waals surface area contributed by atoms with Crippen LogP contribution in [0.2, 0.25) is 0 Å². The van der Waals surface area contributed by atoms with E-state index in [2.05, 4.69) is 0 Å². The van der Waals surface area contributed by atoms with E-state index in [9.17, 15) is 17.2 Å². The second-order valence-electron chi connectivity index (χ2n) is 3.11. The summed E-state index contributed by atoms with van der Waals surface area (Å²) >= 11 is 0. The SMILES string of the molecule is CC(Oc1ccccc1)C(F)(F)S(=O)(=O)O. The summed E-state index contributed by atoms with van der Waals surface area (Å²) in [4.78, 5) is 0. The van der Waals surface area contributed by atoms with Crippen LogP contribution in [0.4, 0.5) is 8.78 Å². The molecule has 7 heteroatoms. The number of hydrogen-bond acceptors (Lipinski definition) is 3. The van der Waals surface area contributed by atoms with Crippen molar-refractivity contribution in [3.8, 4) is 5.75 Å². The summed E-state index contributed by atoms with van der Waals surface area (Å²) in [7, 11) is -5.48. The lowest BCUT2D eigenvalue weighted by Gasteiger charge is -2.21. The highest BCUT2D eigenvalue weighted by atomic mass is 32.2. The van der Waals surface area contributed by atoms with Crippen molar-refractivity contribution in [2.45, 2.75) is 18.3 Å². The van der Waals surface area contributed by atoms with Gasteiger partial charge in [-0.3, -0.25) is 4.55 Å². The summed E-state index contributed by atoms with van der Waals surface area (Å²) in [6.45, 7) is 0.862. The first-order valence-electron chi connectivity index (χ1n) is 4.31. The molecule has 0 radical (unpaired) electrons. The molecule has 1 aromatic carbocycles. The van der Waals surface area contributed by atoms with Crippen molar-refractivity contribution in [1.29, 1.82) is 0 Å². The van der Waals surface area contributed by atoms with E-state index >= 15 is 0 Å². The van der Waals surface area contributed by atoms with Crippen LogP contribution in [0.3, 0.4) is 0 Å². The lowest BCUT2D eigenvalue weighted by atomic mass is 10.3. The minimum absolute atomic E-state index is 0.0957. The number of hydrogen-bond donors (Lipinski definition) is 1. The van der Waals surface area contributed by atoms with Crippen LogP contribution in [0.25, 0.3) is 0 Å². The van der Waals surface area contributed by atoms with Crippen LogP contribution < -0.4 is 4.74 Å². The van der Waals surface area contributed by atoms with Gasteiger partial charge in [0.1, 0.15) is 5.75 Å². The Bertz CT molecular complexity index is 444. The predicted octanol–water partition coefficient (Wildman–Crippen LogP) is 1.93. The third-order valence-corrected chi connectivity index (χ3v) is 2.89. The Balaban J connectivity index is 2.85. The summed E-state index contributed by atoms with van der Waals surface area (Å²) in [6, 6.07) is 7.55. The molecule has 1 rings (SSSR count). The summed E-state index contributed by atoms with van der Waals surface area (Å²) < 4.78 is 60.0. The monoisotopic (exact) mass is 252 g/mol. The largest absolute Gasteiger partial charge is 0.483 e. The minimum Gasteiger partial charge on any atom is -0.483 e. The van der Waals surface area contributed by atoms with Gasteiger partial charge in [-0.1, -0.05) is 18.2 Å². The first kappa shape index (κ1) is 12.9. The van der Waals surface area contributed by atoms with Crippen LogP contribution in [0.5, 0.6) is 5.75 Å². The van der Waals surface area contributed by atoms with Gasteiger partial charge in [-0.05, 0) is 19.1 Å². The Morgan fingerprint density at radius 3 is 2.25 bits per heavy atom. The van der Waals surface area contributed by atoms with Crippen LogP contribution >= 0.6 is 0 Å². The number of benzene rings is 1. The Labute approximate surface area is 91.6 Å². The number of rotatable bonds is 4. The normalized spacial score (nSPS) is 14.5. The smallest absolute Gasteiger partial charge is 0.405 e. The third-order valence-electron chi connectivity index (χ3n) is 1.87. The van der Waals surface area contributed by atoms with Gasteiger partial charge in [0.05, 0.1) is 0 Å². The molecular formula is C9H10F2O4S. The van der Waals surface area contributed by atoms with Gasteiger partial charge in [0, 0.05) is 0 Å². The molecule has 0 bridgehead atoms. The lowest BCUT2D eigenvalue weighted by Crippen LogP contribution is -2.42.